The van der Waals surface area contributed by atoms with Crippen LogP contribution in [0, 0.1) is 5.82 Å². The van der Waals surface area contributed by atoms with E-state index in [-0.39, 0.29) is 17.1 Å². The normalized spacial score (nSPS) is 15.6. The van der Waals surface area contributed by atoms with E-state index in [4.69, 9.17) is 11.6 Å². The molecule has 0 radical (unpaired) electrons. The summed E-state index contributed by atoms with van der Waals surface area (Å²) in [7, 11) is 0. The quantitative estimate of drug-likeness (QED) is 0.599. The predicted octanol–water partition coefficient (Wildman–Crippen LogP) is 5.68. The third-order valence-corrected chi connectivity index (χ3v) is 4.80. The monoisotopic (exact) mass is 381 g/mol. The molecule has 1 atom stereocenters. The molecule has 0 spiro atoms. The first-order valence-corrected chi connectivity index (χ1v) is 8.94. The number of nitrogens with one attached hydrogen (secondary N) is 2. The number of benzene rings is 3. The van der Waals surface area contributed by atoms with E-state index in [0.717, 1.165) is 16.9 Å². The average Bonchev–Trinajstić information content (AvgIpc) is 2.70. The first-order valence-electron chi connectivity index (χ1n) is 8.56. The SMILES string of the molecule is O=C(Nc1ccc(F)c(Cl)c1)N1CC(c2ccccc2)Nc2ccccc21. The zero-order chi connectivity index (χ0) is 18.8. The van der Waals surface area contributed by atoms with Crippen LogP contribution in [0.5, 0.6) is 0 Å². The first kappa shape index (κ1) is 17.4. The highest BCUT2D eigenvalue weighted by atomic mass is 35.5. The van der Waals surface area contributed by atoms with Gasteiger partial charge in [0.25, 0.3) is 0 Å². The zero-order valence-electron chi connectivity index (χ0n) is 14.3. The van der Waals surface area contributed by atoms with E-state index < -0.39 is 5.82 Å². The minimum absolute atomic E-state index is 0.0318. The number of carbonyl (C=O) groups is 1. The molecule has 0 saturated heterocycles. The molecule has 1 unspecified atom stereocenters. The number of halogens is 2. The molecule has 0 aliphatic carbocycles. The predicted molar refractivity (Wildman–Crippen MR) is 107 cm³/mol. The van der Waals surface area contributed by atoms with E-state index in [1.807, 2.05) is 54.6 Å². The Morgan fingerprint density at radius 3 is 2.59 bits per heavy atom. The van der Waals surface area contributed by atoms with Gasteiger partial charge in [-0.2, -0.15) is 0 Å². The van der Waals surface area contributed by atoms with E-state index in [2.05, 4.69) is 10.6 Å². The van der Waals surface area contributed by atoms with Crippen LogP contribution >= 0.6 is 11.6 Å². The van der Waals surface area contributed by atoms with E-state index >= 15 is 0 Å². The van der Waals surface area contributed by atoms with Gasteiger partial charge < -0.3 is 10.6 Å². The van der Waals surface area contributed by atoms with Crippen molar-refractivity contribution < 1.29 is 9.18 Å². The molecule has 136 valence electrons. The fourth-order valence-corrected chi connectivity index (χ4v) is 3.36. The Balaban J connectivity index is 1.63. The van der Waals surface area contributed by atoms with Gasteiger partial charge in [0, 0.05) is 5.69 Å². The maximum Gasteiger partial charge on any atom is 0.326 e. The number of fused-ring (bicyclic) bond motifs is 1. The van der Waals surface area contributed by atoms with Crippen LogP contribution in [-0.4, -0.2) is 12.6 Å². The van der Waals surface area contributed by atoms with E-state index in [0.29, 0.717) is 12.2 Å². The van der Waals surface area contributed by atoms with E-state index in [9.17, 15) is 9.18 Å². The number of amides is 2. The van der Waals surface area contributed by atoms with Crippen molar-refractivity contribution in [2.45, 2.75) is 6.04 Å². The summed E-state index contributed by atoms with van der Waals surface area (Å²) in [6.07, 6.45) is 0. The van der Waals surface area contributed by atoms with E-state index in [1.165, 1.54) is 18.2 Å². The molecule has 0 bridgehead atoms. The van der Waals surface area contributed by atoms with Crippen LogP contribution in [0.4, 0.5) is 26.2 Å². The van der Waals surface area contributed by atoms with Crippen LogP contribution in [-0.2, 0) is 0 Å². The molecule has 0 saturated carbocycles. The summed E-state index contributed by atoms with van der Waals surface area (Å²) in [5.41, 5.74) is 3.20. The molecule has 2 amide bonds. The van der Waals surface area contributed by atoms with Crippen molar-refractivity contribution in [3.63, 3.8) is 0 Å². The summed E-state index contributed by atoms with van der Waals surface area (Å²) < 4.78 is 13.4. The second-order valence-corrected chi connectivity index (χ2v) is 6.70. The highest BCUT2D eigenvalue weighted by molar-refractivity contribution is 6.31. The Labute approximate surface area is 161 Å². The van der Waals surface area contributed by atoms with Gasteiger partial charge in [0.15, 0.2) is 0 Å². The van der Waals surface area contributed by atoms with Crippen LogP contribution in [0.2, 0.25) is 5.02 Å². The topological polar surface area (TPSA) is 44.4 Å². The number of anilines is 3. The maximum absolute atomic E-state index is 13.4. The second-order valence-electron chi connectivity index (χ2n) is 6.29. The summed E-state index contributed by atoms with van der Waals surface area (Å²) in [6.45, 7) is 0.460. The van der Waals surface area contributed by atoms with Gasteiger partial charge in [-0.05, 0) is 35.9 Å². The van der Waals surface area contributed by atoms with Gasteiger partial charge in [-0.25, -0.2) is 9.18 Å². The lowest BCUT2D eigenvalue weighted by Gasteiger charge is -2.36. The summed E-state index contributed by atoms with van der Waals surface area (Å²) in [4.78, 5) is 14.6. The highest BCUT2D eigenvalue weighted by Crippen LogP contribution is 2.36. The standard InChI is InChI=1S/C21H17ClFN3O/c22-16-12-15(10-11-17(16)23)24-21(27)26-13-19(14-6-2-1-3-7-14)25-18-8-4-5-9-20(18)26/h1-12,19,25H,13H2,(H,24,27). The molecule has 6 heteroatoms. The Hall–Kier alpha value is -3.05. The Morgan fingerprint density at radius 2 is 1.81 bits per heavy atom. The number of nitrogens with zero attached hydrogens (tertiary/aromatic N) is 1. The number of rotatable bonds is 2. The molecular formula is C21H17ClFN3O. The summed E-state index contributed by atoms with van der Waals surface area (Å²) >= 11 is 5.82. The lowest BCUT2D eigenvalue weighted by molar-refractivity contribution is 0.256. The number of urea groups is 1. The third-order valence-electron chi connectivity index (χ3n) is 4.51. The molecule has 3 aromatic rings. The summed E-state index contributed by atoms with van der Waals surface area (Å²) in [6, 6.07) is 21.4. The van der Waals surface area contributed by atoms with Gasteiger partial charge in [-0.15, -0.1) is 0 Å². The maximum atomic E-state index is 13.4. The van der Waals surface area contributed by atoms with Crippen molar-refractivity contribution in [1.82, 2.24) is 0 Å². The summed E-state index contributed by atoms with van der Waals surface area (Å²) in [5, 5.41) is 6.26. The second kappa shape index (κ2) is 7.29. The smallest absolute Gasteiger partial charge is 0.326 e. The lowest BCUT2D eigenvalue weighted by atomic mass is 10.0. The van der Waals surface area contributed by atoms with Crippen LogP contribution in [0.3, 0.4) is 0 Å². The molecule has 4 rings (SSSR count). The molecule has 1 aliphatic heterocycles. The molecular weight excluding hydrogens is 365 g/mol. The summed E-state index contributed by atoms with van der Waals surface area (Å²) in [5.74, 6) is -0.522. The van der Waals surface area contributed by atoms with Crippen molar-refractivity contribution in [3.8, 4) is 0 Å². The zero-order valence-corrected chi connectivity index (χ0v) is 15.1. The van der Waals surface area contributed by atoms with Gasteiger partial charge in [0.1, 0.15) is 5.82 Å². The van der Waals surface area contributed by atoms with Crippen LogP contribution in [0.15, 0.2) is 72.8 Å². The molecule has 3 aromatic carbocycles. The van der Waals surface area contributed by atoms with Crippen molar-refractivity contribution in [2.75, 3.05) is 22.1 Å². The molecule has 4 nitrogen and oxygen atoms in total. The molecule has 0 fully saturated rings. The van der Waals surface area contributed by atoms with Crippen LogP contribution < -0.4 is 15.5 Å². The molecule has 27 heavy (non-hydrogen) atoms. The number of para-hydroxylation sites is 2. The van der Waals surface area contributed by atoms with Crippen molar-refractivity contribution in [3.05, 3.63) is 89.2 Å². The lowest BCUT2D eigenvalue weighted by Crippen LogP contribution is -2.43. The average molecular weight is 382 g/mol. The van der Waals surface area contributed by atoms with Crippen LogP contribution in [0.1, 0.15) is 11.6 Å². The number of hydrogen-bond donors (Lipinski definition) is 2. The van der Waals surface area contributed by atoms with Crippen molar-refractivity contribution in [2.24, 2.45) is 0 Å². The van der Waals surface area contributed by atoms with Crippen LogP contribution in [0.25, 0.3) is 0 Å². The largest absolute Gasteiger partial charge is 0.375 e. The van der Waals surface area contributed by atoms with Gasteiger partial charge in [0.05, 0.1) is 29.0 Å². The third kappa shape index (κ3) is 3.59. The molecule has 2 N–H and O–H groups in total. The molecule has 1 aliphatic rings. The highest BCUT2D eigenvalue weighted by Gasteiger charge is 2.28. The van der Waals surface area contributed by atoms with Gasteiger partial charge in [-0.3, -0.25) is 4.90 Å². The minimum Gasteiger partial charge on any atom is -0.375 e. The fourth-order valence-electron chi connectivity index (χ4n) is 3.18. The molecule has 0 aromatic heterocycles. The van der Waals surface area contributed by atoms with Crippen molar-refractivity contribution in [1.29, 1.82) is 0 Å². The van der Waals surface area contributed by atoms with Gasteiger partial charge in [-0.1, -0.05) is 54.1 Å². The number of hydrogen-bond acceptors (Lipinski definition) is 2. The fraction of sp³-hybridized carbons (Fsp3) is 0.0952. The molecule has 1 heterocycles. The number of carbonyl (C=O) groups excluding carboxylic acids is 1. The van der Waals surface area contributed by atoms with Gasteiger partial charge >= 0.3 is 6.03 Å². The minimum atomic E-state index is -0.522. The van der Waals surface area contributed by atoms with E-state index in [1.54, 1.807) is 4.90 Å². The Kier molecular flexibility index (Phi) is 4.69. The first-order chi connectivity index (χ1) is 13.1. The Bertz CT molecular complexity index is 980. The van der Waals surface area contributed by atoms with Gasteiger partial charge in [0.2, 0.25) is 0 Å². The Morgan fingerprint density at radius 1 is 1.07 bits per heavy atom. The van der Waals surface area contributed by atoms with Crippen molar-refractivity contribution >= 4 is 34.7 Å².